The Bertz CT molecular complexity index is 1090. The van der Waals surface area contributed by atoms with E-state index in [1.807, 2.05) is 19.1 Å². The van der Waals surface area contributed by atoms with Crippen molar-refractivity contribution in [1.82, 2.24) is 0 Å². The minimum Gasteiger partial charge on any atom is -0.502 e. The van der Waals surface area contributed by atoms with E-state index in [1.165, 1.54) is 6.07 Å². The number of rotatable bonds is 4. The second-order valence-corrected chi connectivity index (χ2v) is 7.30. The molecule has 7 heteroatoms. The Morgan fingerprint density at radius 3 is 2.57 bits per heavy atom. The molecule has 0 atom stereocenters. The molecule has 28 heavy (non-hydrogen) atoms. The van der Waals surface area contributed by atoms with E-state index in [-0.39, 0.29) is 22.1 Å². The van der Waals surface area contributed by atoms with Gasteiger partial charge in [0.1, 0.15) is 5.82 Å². The van der Waals surface area contributed by atoms with Crippen molar-refractivity contribution in [3.05, 3.63) is 94.0 Å². The van der Waals surface area contributed by atoms with E-state index in [0.717, 1.165) is 5.56 Å². The van der Waals surface area contributed by atoms with Gasteiger partial charge in [0.25, 0.3) is 5.70 Å². The first-order chi connectivity index (χ1) is 13.4. The molecular formula is C21H16Cl2FN2OS+. The molecule has 0 bridgehead atoms. The third-order valence-corrected chi connectivity index (χ3v) is 4.81. The number of aliphatic hydroxyl groups excluding tert-OH is 1. The molecule has 1 heterocycles. The lowest BCUT2D eigenvalue weighted by Gasteiger charge is -2.12. The number of hydrogen-bond donors (Lipinski definition) is 2. The summed E-state index contributed by atoms with van der Waals surface area (Å²) < 4.78 is 15.7. The van der Waals surface area contributed by atoms with Crippen molar-refractivity contribution in [3.8, 4) is 0 Å². The molecule has 0 saturated heterocycles. The van der Waals surface area contributed by atoms with Crippen molar-refractivity contribution < 1.29 is 14.1 Å². The van der Waals surface area contributed by atoms with Gasteiger partial charge in [0.05, 0.1) is 10.7 Å². The zero-order valence-electron chi connectivity index (χ0n) is 14.8. The van der Waals surface area contributed by atoms with Crippen LogP contribution >= 0.6 is 35.4 Å². The van der Waals surface area contributed by atoms with Crippen molar-refractivity contribution in [2.24, 2.45) is 0 Å². The lowest BCUT2D eigenvalue weighted by atomic mass is 10.1. The zero-order chi connectivity index (χ0) is 20.3. The Hall–Kier alpha value is -2.47. The number of nitrogens with one attached hydrogen (secondary N) is 1. The van der Waals surface area contributed by atoms with Crippen LogP contribution in [0.1, 0.15) is 11.1 Å². The maximum Gasteiger partial charge on any atom is 0.288 e. The largest absolute Gasteiger partial charge is 0.502 e. The molecule has 3 aromatic rings. The molecular weight excluding hydrogens is 418 g/mol. The van der Waals surface area contributed by atoms with E-state index in [9.17, 15) is 9.50 Å². The molecule has 2 N–H and O–H groups in total. The second kappa shape index (κ2) is 8.69. The summed E-state index contributed by atoms with van der Waals surface area (Å²) in [6.07, 6.45) is 3.52. The highest BCUT2D eigenvalue weighted by atomic mass is 35.5. The van der Waals surface area contributed by atoms with Gasteiger partial charge in [-0.05, 0) is 43.3 Å². The van der Waals surface area contributed by atoms with Crippen LogP contribution < -0.4 is 9.88 Å². The van der Waals surface area contributed by atoms with Gasteiger partial charge in [-0.15, -0.1) is 0 Å². The number of aryl methyl sites for hydroxylation is 1. The highest BCUT2D eigenvalue weighted by Crippen LogP contribution is 2.28. The molecule has 0 amide bonds. The van der Waals surface area contributed by atoms with Gasteiger partial charge >= 0.3 is 0 Å². The molecule has 3 rings (SSSR count). The number of halogens is 3. The number of aromatic nitrogens is 1. The fourth-order valence-corrected chi connectivity index (χ4v) is 3.32. The minimum atomic E-state index is -0.460. The zero-order valence-corrected chi connectivity index (χ0v) is 17.1. The topological polar surface area (TPSA) is 36.1 Å². The van der Waals surface area contributed by atoms with Crippen LogP contribution in [0.15, 0.2) is 67.0 Å². The monoisotopic (exact) mass is 433 g/mol. The summed E-state index contributed by atoms with van der Waals surface area (Å²) in [6.45, 7) is 1.91. The Kier molecular flexibility index (Phi) is 6.29. The maximum absolute atomic E-state index is 14.1. The van der Waals surface area contributed by atoms with Gasteiger partial charge in [-0.2, -0.15) is 4.57 Å². The Balaban J connectivity index is 2.16. The molecule has 142 valence electrons. The summed E-state index contributed by atoms with van der Waals surface area (Å²) in [5.41, 5.74) is 1.70. The Morgan fingerprint density at radius 1 is 1.11 bits per heavy atom. The number of aliphatic hydroxyl groups is 1. The normalized spacial score (nSPS) is 11.7. The minimum absolute atomic E-state index is 0.120. The molecule has 0 spiro atoms. The van der Waals surface area contributed by atoms with Gasteiger partial charge in [0.15, 0.2) is 17.4 Å². The van der Waals surface area contributed by atoms with Crippen molar-refractivity contribution in [1.29, 1.82) is 0 Å². The van der Waals surface area contributed by atoms with E-state index in [4.69, 9.17) is 35.4 Å². The van der Waals surface area contributed by atoms with Gasteiger partial charge in [0, 0.05) is 22.2 Å². The fraction of sp³-hybridized carbons (Fsp3) is 0.0476. The third-order valence-electron chi connectivity index (χ3n) is 3.95. The van der Waals surface area contributed by atoms with Crippen LogP contribution in [-0.4, -0.2) is 10.1 Å². The molecule has 0 radical (unpaired) electrons. The summed E-state index contributed by atoms with van der Waals surface area (Å²) in [5, 5.41) is 14.6. The average Bonchev–Trinajstić information content (AvgIpc) is 2.66. The van der Waals surface area contributed by atoms with E-state index < -0.39 is 5.82 Å². The molecule has 0 aliphatic heterocycles. The van der Waals surface area contributed by atoms with Crippen LogP contribution in [0.25, 0.3) is 11.5 Å². The SMILES string of the molecule is Cc1ccc[n+](C(C(=S)Nc2ccccc2F)=C(O)c2cc(Cl)ccc2Cl)c1. The van der Waals surface area contributed by atoms with Crippen LogP contribution in [0.4, 0.5) is 10.1 Å². The molecule has 2 aromatic carbocycles. The lowest BCUT2D eigenvalue weighted by Crippen LogP contribution is -2.38. The second-order valence-electron chi connectivity index (χ2n) is 6.04. The van der Waals surface area contributed by atoms with Crippen molar-refractivity contribution in [2.75, 3.05) is 5.32 Å². The molecule has 0 aliphatic carbocycles. The molecule has 1 aromatic heterocycles. The summed E-state index contributed by atoms with van der Waals surface area (Å²) in [4.78, 5) is 0.120. The lowest BCUT2D eigenvalue weighted by molar-refractivity contribution is -0.576. The number of anilines is 1. The quantitative estimate of drug-likeness (QED) is 0.227. The van der Waals surface area contributed by atoms with Crippen molar-refractivity contribution in [2.45, 2.75) is 6.92 Å². The smallest absolute Gasteiger partial charge is 0.288 e. The van der Waals surface area contributed by atoms with Gasteiger partial charge in [0.2, 0.25) is 5.76 Å². The summed E-state index contributed by atoms with van der Waals surface area (Å²) >= 11 is 17.8. The van der Waals surface area contributed by atoms with E-state index in [1.54, 1.807) is 53.4 Å². The first-order valence-electron chi connectivity index (χ1n) is 8.29. The van der Waals surface area contributed by atoms with E-state index >= 15 is 0 Å². The van der Waals surface area contributed by atoms with Gasteiger partial charge in [-0.3, -0.25) is 0 Å². The van der Waals surface area contributed by atoms with Crippen molar-refractivity contribution in [3.63, 3.8) is 0 Å². The molecule has 3 nitrogen and oxygen atoms in total. The van der Waals surface area contributed by atoms with Crippen LogP contribution in [0.5, 0.6) is 0 Å². The summed E-state index contributed by atoms with van der Waals surface area (Å²) in [7, 11) is 0. The number of thiocarbonyl (C=S) groups is 1. The number of nitrogens with zero attached hydrogens (tertiary/aromatic N) is 1. The average molecular weight is 434 g/mol. The number of para-hydroxylation sites is 1. The van der Waals surface area contributed by atoms with E-state index in [0.29, 0.717) is 15.6 Å². The number of hydrogen-bond acceptors (Lipinski definition) is 2. The summed E-state index contributed by atoms with van der Waals surface area (Å²) in [5.74, 6) is -0.643. The predicted molar refractivity (Wildman–Crippen MR) is 116 cm³/mol. The first-order valence-corrected chi connectivity index (χ1v) is 9.46. The molecule has 0 unspecified atom stereocenters. The van der Waals surface area contributed by atoms with Crippen LogP contribution in [0.3, 0.4) is 0 Å². The first kappa shape index (κ1) is 20.3. The number of benzene rings is 2. The van der Waals surface area contributed by atoms with Crippen molar-refractivity contribution >= 4 is 57.6 Å². The summed E-state index contributed by atoms with van der Waals surface area (Å²) in [6, 6.07) is 14.6. The molecule has 0 fully saturated rings. The standard InChI is InChI=1S/C21H15Cl2FN2OS/c1-13-5-4-10-26(12-13)19(20(27)15-11-14(22)8-9-16(15)23)21(28)25-18-7-3-2-6-17(18)24/h2-12H,1H3,(H-,25,27,28)/p+1. The van der Waals surface area contributed by atoms with Gasteiger partial charge in [-0.25, -0.2) is 4.39 Å². The fourth-order valence-electron chi connectivity index (χ4n) is 2.63. The number of pyridine rings is 1. The maximum atomic E-state index is 14.1. The van der Waals surface area contributed by atoms with Crippen LogP contribution in [-0.2, 0) is 0 Å². The van der Waals surface area contributed by atoms with E-state index in [2.05, 4.69) is 5.32 Å². The molecule has 0 aliphatic rings. The Morgan fingerprint density at radius 2 is 1.86 bits per heavy atom. The van der Waals surface area contributed by atoms with Gasteiger partial charge < -0.3 is 10.4 Å². The Labute approximate surface area is 177 Å². The highest BCUT2D eigenvalue weighted by Gasteiger charge is 2.26. The third kappa shape index (κ3) is 4.50. The molecule has 0 saturated carbocycles. The highest BCUT2D eigenvalue weighted by molar-refractivity contribution is 7.81. The van der Waals surface area contributed by atoms with Crippen LogP contribution in [0.2, 0.25) is 10.0 Å². The van der Waals surface area contributed by atoms with Gasteiger partial charge in [-0.1, -0.05) is 47.6 Å². The predicted octanol–water partition coefficient (Wildman–Crippen LogP) is 6.05. The van der Waals surface area contributed by atoms with Crippen LogP contribution in [0, 0.1) is 12.7 Å².